The molecular formula is C19H14N2O3. The molecule has 0 unspecified atom stereocenters. The molecule has 0 saturated heterocycles. The Morgan fingerprint density at radius 3 is 1.75 bits per heavy atom. The standard InChI is InChI=1S/C19H14N2O3/c20-17-19(18(22)24-21-17)11-15(13-7-3-1-4-8-13)23-16(12-19)14-9-5-2-6-10-14/h1-12H,(H2,20,21). The predicted octanol–water partition coefficient (Wildman–Crippen LogP) is 2.91. The largest absolute Gasteiger partial charge is 0.457 e. The fraction of sp³-hybridized carbons (Fsp3) is 0.0526. The van der Waals surface area contributed by atoms with Crippen molar-refractivity contribution in [3.05, 3.63) is 83.9 Å². The van der Waals surface area contributed by atoms with Gasteiger partial charge in [0.1, 0.15) is 11.5 Å². The minimum absolute atomic E-state index is 0.0951. The number of hydrogen-bond acceptors (Lipinski definition) is 5. The molecule has 2 aromatic rings. The van der Waals surface area contributed by atoms with Crippen LogP contribution in [-0.2, 0) is 14.4 Å². The Balaban J connectivity index is 1.88. The summed E-state index contributed by atoms with van der Waals surface area (Å²) in [6, 6.07) is 19.0. The SMILES string of the molecule is NC1=NOC(=O)C12C=C(c1ccccc1)OC(c1ccccc1)=C2. The Bertz CT molecular complexity index is 828. The zero-order valence-electron chi connectivity index (χ0n) is 12.7. The van der Waals surface area contributed by atoms with Gasteiger partial charge in [-0.05, 0) is 12.2 Å². The van der Waals surface area contributed by atoms with E-state index >= 15 is 0 Å². The number of rotatable bonds is 2. The van der Waals surface area contributed by atoms with Gasteiger partial charge in [0.2, 0.25) is 0 Å². The van der Waals surface area contributed by atoms with Gasteiger partial charge in [0, 0.05) is 11.1 Å². The van der Waals surface area contributed by atoms with Gasteiger partial charge in [-0.25, -0.2) is 4.79 Å². The van der Waals surface area contributed by atoms with Crippen molar-refractivity contribution in [2.24, 2.45) is 16.3 Å². The van der Waals surface area contributed by atoms with E-state index in [1.807, 2.05) is 60.7 Å². The first-order valence-electron chi connectivity index (χ1n) is 7.49. The van der Waals surface area contributed by atoms with Gasteiger partial charge >= 0.3 is 5.97 Å². The molecule has 2 aromatic carbocycles. The Morgan fingerprint density at radius 2 is 1.33 bits per heavy atom. The molecule has 2 heterocycles. The summed E-state index contributed by atoms with van der Waals surface area (Å²) >= 11 is 0. The van der Waals surface area contributed by atoms with Gasteiger partial charge in [0.25, 0.3) is 0 Å². The van der Waals surface area contributed by atoms with Crippen LogP contribution in [0.25, 0.3) is 11.5 Å². The third-order valence-corrected chi connectivity index (χ3v) is 4.04. The van der Waals surface area contributed by atoms with Crippen LogP contribution in [0.1, 0.15) is 11.1 Å². The van der Waals surface area contributed by atoms with Crippen LogP contribution in [0.2, 0.25) is 0 Å². The first-order chi connectivity index (χ1) is 11.7. The van der Waals surface area contributed by atoms with E-state index in [-0.39, 0.29) is 5.84 Å². The summed E-state index contributed by atoms with van der Waals surface area (Å²) in [7, 11) is 0. The minimum Gasteiger partial charge on any atom is -0.457 e. The molecule has 2 N–H and O–H groups in total. The molecule has 0 saturated carbocycles. The van der Waals surface area contributed by atoms with Gasteiger partial charge in [0.05, 0.1) is 0 Å². The van der Waals surface area contributed by atoms with Crippen LogP contribution in [0, 0.1) is 5.41 Å². The van der Waals surface area contributed by atoms with Crippen molar-refractivity contribution in [3.8, 4) is 0 Å². The fourth-order valence-corrected chi connectivity index (χ4v) is 2.73. The lowest BCUT2D eigenvalue weighted by molar-refractivity contribution is -0.144. The second-order valence-corrected chi connectivity index (χ2v) is 5.58. The van der Waals surface area contributed by atoms with Crippen LogP contribution in [0.15, 0.2) is 78.0 Å². The second-order valence-electron chi connectivity index (χ2n) is 5.58. The van der Waals surface area contributed by atoms with Crippen molar-refractivity contribution in [1.29, 1.82) is 0 Å². The van der Waals surface area contributed by atoms with E-state index in [1.54, 1.807) is 12.2 Å². The van der Waals surface area contributed by atoms with Crippen LogP contribution < -0.4 is 5.73 Å². The Kier molecular flexibility index (Phi) is 3.20. The van der Waals surface area contributed by atoms with Crippen molar-refractivity contribution in [2.45, 2.75) is 0 Å². The van der Waals surface area contributed by atoms with Crippen molar-refractivity contribution in [1.82, 2.24) is 0 Å². The molecule has 1 spiro atoms. The average molecular weight is 318 g/mol. The highest BCUT2D eigenvalue weighted by atomic mass is 16.7. The molecule has 2 aliphatic heterocycles. The lowest BCUT2D eigenvalue weighted by Gasteiger charge is -2.26. The minimum atomic E-state index is -1.24. The van der Waals surface area contributed by atoms with Gasteiger partial charge in [-0.3, -0.25) is 0 Å². The van der Waals surface area contributed by atoms with Crippen LogP contribution in [0.4, 0.5) is 0 Å². The molecule has 0 amide bonds. The number of carbonyl (C=O) groups is 1. The summed E-state index contributed by atoms with van der Waals surface area (Å²) in [4.78, 5) is 17.2. The number of nitrogens with zero attached hydrogens (tertiary/aromatic N) is 1. The maximum Gasteiger partial charge on any atom is 0.356 e. The zero-order valence-corrected chi connectivity index (χ0v) is 12.7. The summed E-state index contributed by atoms with van der Waals surface area (Å²) in [5.74, 6) is 0.630. The molecule has 5 heteroatoms. The molecule has 0 fully saturated rings. The topological polar surface area (TPSA) is 73.9 Å². The van der Waals surface area contributed by atoms with E-state index in [1.165, 1.54) is 0 Å². The molecule has 0 bridgehead atoms. The highest BCUT2D eigenvalue weighted by molar-refractivity contribution is 6.13. The van der Waals surface area contributed by atoms with Crippen molar-refractivity contribution >= 4 is 23.3 Å². The third kappa shape index (κ3) is 2.18. The molecule has 24 heavy (non-hydrogen) atoms. The summed E-state index contributed by atoms with van der Waals surface area (Å²) in [5, 5.41) is 3.65. The highest BCUT2D eigenvalue weighted by Gasteiger charge is 2.49. The molecule has 2 aliphatic rings. The molecular weight excluding hydrogens is 304 g/mol. The smallest absolute Gasteiger partial charge is 0.356 e. The van der Waals surface area contributed by atoms with Crippen molar-refractivity contribution in [2.75, 3.05) is 0 Å². The van der Waals surface area contributed by atoms with E-state index in [0.717, 1.165) is 11.1 Å². The number of nitrogens with two attached hydrogens (primary N) is 1. The fourth-order valence-electron chi connectivity index (χ4n) is 2.73. The van der Waals surface area contributed by atoms with Crippen molar-refractivity contribution in [3.63, 3.8) is 0 Å². The number of amidine groups is 1. The number of ether oxygens (including phenoxy) is 1. The average Bonchev–Trinajstić information content (AvgIpc) is 2.91. The Labute approximate surface area is 138 Å². The molecule has 0 atom stereocenters. The molecule has 118 valence electrons. The maximum absolute atomic E-state index is 12.4. The van der Waals surface area contributed by atoms with E-state index in [0.29, 0.717) is 11.5 Å². The van der Waals surface area contributed by atoms with Crippen LogP contribution in [-0.4, -0.2) is 11.8 Å². The first-order valence-corrected chi connectivity index (χ1v) is 7.49. The molecule has 4 rings (SSSR count). The van der Waals surface area contributed by atoms with E-state index in [9.17, 15) is 4.79 Å². The summed E-state index contributed by atoms with van der Waals surface area (Å²) in [6.07, 6.45) is 3.31. The van der Waals surface area contributed by atoms with Gasteiger partial charge in [-0.2, -0.15) is 0 Å². The normalized spacial score (nSPS) is 18.3. The maximum atomic E-state index is 12.4. The van der Waals surface area contributed by atoms with E-state index in [4.69, 9.17) is 15.3 Å². The lowest BCUT2D eigenvalue weighted by Crippen LogP contribution is -2.38. The van der Waals surface area contributed by atoms with Gasteiger partial charge < -0.3 is 15.3 Å². The quantitative estimate of drug-likeness (QED) is 0.864. The summed E-state index contributed by atoms with van der Waals surface area (Å²) in [5.41, 5.74) is 6.41. The molecule has 5 nitrogen and oxygen atoms in total. The first kappa shape index (κ1) is 14.3. The molecule has 0 aliphatic carbocycles. The van der Waals surface area contributed by atoms with Gasteiger partial charge in [-0.1, -0.05) is 65.8 Å². The summed E-state index contributed by atoms with van der Waals surface area (Å²) in [6.45, 7) is 0. The van der Waals surface area contributed by atoms with Crippen LogP contribution in [0.5, 0.6) is 0 Å². The zero-order chi connectivity index (χ0) is 16.6. The number of oxime groups is 1. The van der Waals surface area contributed by atoms with Crippen LogP contribution >= 0.6 is 0 Å². The predicted molar refractivity (Wildman–Crippen MR) is 90.1 cm³/mol. The van der Waals surface area contributed by atoms with E-state index in [2.05, 4.69) is 5.16 Å². The number of benzene rings is 2. The highest BCUT2D eigenvalue weighted by Crippen LogP contribution is 2.41. The molecule has 0 radical (unpaired) electrons. The monoisotopic (exact) mass is 318 g/mol. The van der Waals surface area contributed by atoms with E-state index < -0.39 is 11.4 Å². The van der Waals surface area contributed by atoms with Gasteiger partial charge in [0.15, 0.2) is 11.3 Å². The third-order valence-electron chi connectivity index (χ3n) is 4.04. The Hall–Kier alpha value is -3.34. The number of carbonyl (C=O) groups excluding carboxylic acids is 1. The second kappa shape index (κ2) is 5.38. The lowest BCUT2D eigenvalue weighted by atomic mass is 9.83. The van der Waals surface area contributed by atoms with Gasteiger partial charge in [-0.15, -0.1) is 0 Å². The Morgan fingerprint density at radius 1 is 0.833 bits per heavy atom. The van der Waals surface area contributed by atoms with Crippen molar-refractivity contribution < 1.29 is 14.4 Å². The number of hydrogen-bond donors (Lipinski definition) is 1. The molecule has 0 aromatic heterocycles. The summed E-state index contributed by atoms with van der Waals surface area (Å²) < 4.78 is 6.05. The van der Waals surface area contributed by atoms with Crippen LogP contribution in [0.3, 0.4) is 0 Å².